The summed E-state index contributed by atoms with van der Waals surface area (Å²) in [6.45, 7) is -0.480. The molecular weight excluding hydrogens is 210 g/mol. The minimum absolute atomic E-state index is 0.0994. The molecule has 0 saturated carbocycles. The highest BCUT2D eigenvalue weighted by Crippen LogP contribution is 2.06. The zero-order chi connectivity index (χ0) is 12.0. The van der Waals surface area contributed by atoms with Gasteiger partial charge >= 0.3 is 0 Å². The van der Waals surface area contributed by atoms with Gasteiger partial charge in [-0.15, -0.1) is 0 Å². The fourth-order valence-electron chi connectivity index (χ4n) is 1.26. The van der Waals surface area contributed by atoms with Crippen LogP contribution in [0.15, 0.2) is 30.3 Å². The molecule has 0 aliphatic heterocycles. The highest BCUT2D eigenvalue weighted by molar-refractivity contribution is 5.42. The second-order valence-corrected chi connectivity index (χ2v) is 3.55. The molecule has 0 unspecified atom stereocenters. The Bertz CT molecular complexity index is 293. The summed E-state index contributed by atoms with van der Waals surface area (Å²) in [5.74, 6) is 0. The maximum absolute atomic E-state index is 9.50. The van der Waals surface area contributed by atoms with Crippen LogP contribution >= 0.6 is 0 Å². The molecule has 0 aromatic heterocycles. The maximum atomic E-state index is 9.50. The lowest BCUT2D eigenvalue weighted by molar-refractivity contribution is -0.0715. The minimum atomic E-state index is -1.36. The molecule has 90 valence electrons. The van der Waals surface area contributed by atoms with E-state index in [2.05, 4.69) is 5.32 Å². The minimum Gasteiger partial charge on any atom is -0.394 e. The van der Waals surface area contributed by atoms with Crippen molar-refractivity contribution in [3.05, 3.63) is 30.3 Å². The van der Waals surface area contributed by atoms with Gasteiger partial charge in [0.25, 0.3) is 0 Å². The van der Waals surface area contributed by atoms with E-state index in [9.17, 15) is 10.2 Å². The molecule has 1 rings (SSSR count). The monoisotopic (exact) mass is 227 g/mol. The van der Waals surface area contributed by atoms with Crippen LogP contribution in [-0.4, -0.2) is 51.9 Å². The second-order valence-electron chi connectivity index (χ2n) is 3.55. The molecule has 0 amide bonds. The molecule has 1 aromatic rings. The molecule has 0 aliphatic carbocycles. The van der Waals surface area contributed by atoms with Gasteiger partial charge < -0.3 is 25.7 Å². The van der Waals surface area contributed by atoms with Crippen molar-refractivity contribution < 1.29 is 20.4 Å². The Labute approximate surface area is 94.0 Å². The zero-order valence-corrected chi connectivity index (χ0v) is 8.82. The van der Waals surface area contributed by atoms with Crippen LogP contribution in [0.4, 0.5) is 5.69 Å². The molecule has 0 bridgehead atoms. The third kappa shape index (κ3) is 3.79. The number of nitrogens with one attached hydrogen (secondary N) is 1. The van der Waals surface area contributed by atoms with Gasteiger partial charge in [0, 0.05) is 12.2 Å². The van der Waals surface area contributed by atoms with Crippen LogP contribution in [0.5, 0.6) is 0 Å². The van der Waals surface area contributed by atoms with Crippen LogP contribution in [0.1, 0.15) is 0 Å². The molecule has 5 N–H and O–H groups in total. The van der Waals surface area contributed by atoms with Crippen molar-refractivity contribution in [3.63, 3.8) is 0 Å². The third-order valence-electron chi connectivity index (χ3n) is 2.26. The van der Waals surface area contributed by atoms with E-state index in [-0.39, 0.29) is 6.54 Å². The fourth-order valence-corrected chi connectivity index (χ4v) is 1.26. The van der Waals surface area contributed by atoms with Gasteiger partial charge in [0.15, 0.2) is 0 Å². The number of anilines is 1. The van der Waals surface area contributed by atoms with Crippen LogP contribution in [0.3, 0.4) is 0 Å². The quantitative estimate of drug-likeness (QED) is 0.437. The van der Waals surface area contributed by atoms with E-state index in [1.807, 2.05) is 30.3 Å². The summed E-state index contributed by atoms with van der Waals surface area (Å²) in [4.78, 5) is 0. The van der Waals surface area contributed by atoms with Crippen molar-refractivity contribution in [2.45, 2.75) is 18.3 Å². The summed E-state index contributed by atoms with van der Waals surface area (Å²) in [5, 5.41) is 39.5. The van der Waals surface area contributed by atoms with E-state index < -0.39 is 24.9 Å². The molecule has 0 aliphatic rings. The number of rotatable bonds is 6. The lowest BCUT2D eigenvalue weighted by Crippen LogP contribution is -2.42. The van der Waals surface area contributed by atoms with E-state index in [1.165, 1.54) is 0 Å². The van der Waals surface area contributed by atoms with Gasteiger partial charge in [-0.05, 0) is 12.1 Å². The maximum Gasteiger partial charge on any atom is 0.110 e. The number of benzene rings is 1. The summed E-state index contributed by atoms with van der Waals surface area (Å²) in [6.07, 6.45) is -3.82. The van der Waals surface area contributed by atoms with Crippen molar-refractivity contribution in [1.82, 2.24) is 0 Å². The molecule has 0 saturated heterocycles. The van der Waals surface area contributed by atoms with Crippen LogP contribution in [0.25, 0.3) is 0 Å². The molecule has 0 heterocycles. The van der Waals surface area contributed by atoms with Crippen molar-refractivity contribution in [3.8, 4) is 0 Å². The Morgan fingerprint density at radius 2 is 1.62 bits per heavy atom. The molecule has 1 aromatic carbocycles. The summed E-state index contributed by atoms with van der Waals surface area (Å²) < 4.78 is 0. The van der Waals surface area contributed by atoms with Gasteiger partial charge in [-0.1, -0.05) is 18.2 Å². The van der Waals surface area contributed by atoms with Crippen molar-refractivity contribution in [2.24, 2.45) is 0 Å². The zero-order valence-electron chi connectivity index (χ0n) is 8.82. The van der Waals surface area contributed by atoms with Crippen molar-refractivity contribution in [2.75, 3.05) is 18.5 Å². The van der Waals surface area contributed by atoms with Crippen molar-refractivity contribution >= 4 is 5.69 Å². The Morgan fingerprint density at radius 3 is 2.19 bits per heavy atom. The van der Waals surface area contributed by atoms with E-state index in [0.717, 1.165) is 5.69 Å². The Balaban J connectivity index is 2.38. The fraction of sp³-hybridized carbons (Fsp3) is 0.455. The molecule has 0 spiro atoms. The predicted molar refractivity (Wildman–Crippen MR) is 60.0 cm³/mol. The molecule has 0 fully saturated rings. The first kappa shape index (κ1) is 12.9. The highest BCUT2D eigenvalue weighted by Gasteiger charge is 2.23. The van der Waals surface area contributed by atoms with E-state index in [4.69, 9.17) is 10.2 Å². The highest BCUT2D eigenvalue weighted by atomic mass is 16.4. The first-order chi connectivity index (χ1) is 7.65. The number of hydrogen-bond donors (Lipinski definition) is 5. The van der Waals surface area contributed by atoms with Crippen LogP contribution in [0.2, 0.25) is 0 Å². The van der Waals surface area contributed by atoms with Gasteiger partial charge in [0.2, 0.25) is 0 Å². The van der Waals surface area contributed by atoms with Crippen molar-refractivity contribution in [1.29, 1.82) is 0 Å². The van der Waals surface area contributed by atoms with Crippen LogP contribution in [0, 0.1) is 0 Å². The van der Waals surface area contributed by atoms with E-state index in [1.54, 1.807) is 0 Å². The first-order valence-electron chi connectivity index (χ1n) is 5.09. The summed E-state index contributed by atoms with van der Waals surface area (Å²) in [7, 11) is 0. The van der Waals surface area contributed by atoms with Gasteiger partial charge in [-0.25, -0.2) is 0 Å². The molecule has 5 nitrogen and oxygen atoms in total. The number of aliphatic hydroxyl groups excluding tert-OH is 4. The molecule has 0 radical (unpaired) electrons. The Morgan fingerprint density at radius 1 is 1.00 bits per heavy atom. The lowest BCUT2D eigenvalue weighted by Gasteiger charge is -2.22. The predicted octanol–water partition coefficient (Wildman–Crippen LogP) is -0.827. The smallest absolute Gasteiger partial charge is 0.110 e. The summed E-state index contributed by atoms with van der Waals surface area (Å²) in [6, 6.07) is 9.19. The largest absolute Gasteiger partial charge is 0.394 e. The average molecular weight is 227 g/mol. The average Bonchev–Trinajstić information content (AvgIpc) is 2.35. The number of para-hydroxylation sites is 1. The number of aliphatic hydroxyl groups is 4. The topological polar surface area (TPSA) is 93.0 Å². The molecular formula is C11H17NO4. The van der Waals surface area contributed by atoms with E-state index >= 15 is 0 Å². The third-order valence-corrected chi connectivity index (χ3v) is 2.26. The van der Waals surface area contributed by atoms with Crippen LogP contribution in [-0.2, 0) is 0 Å². The van der Waals surface area contributed by atoms with Gasteiger partial charge in [-0.2, -0.15) is 0 Å². The number of hydrogen-bond acceptors (Lipinski definition) is 5. The Kier molecular flexibility index (Phi) is 5.21. The normalized spacial score (nSPS) is 16.5. The standard InChI is InChI=1S/C11H17NO4/c13-7-10(15)11(16)9(14)6-12-8-4-2-1-3-5-8/h1-5,9-16H,6-7H2/t9-,10+,11-/m1/s1. The summed E-state index contributed by atoms with van der Waals surface area (Å²) in [5.41, 5.74) is 0.812. The SMILES string of the molecule is OC[C@H](O)[C@H](O)[C@H](O)CNc1ccccc1. The first-order valence-corrected chi connectivity index (χ1v) is 5.09. The van der Waals surface area contributed by atoms with Gasteiger partial charge in [0.1, 0.15) is 12.2 Å². The lowest BCUT2D eigenvalue weighted by atomic mass is 10.1. The van der Waals surface area contributed by atoms with Gasteiger partial charge in [0.05, 0.1) is 12.7 Å². The molecule has 3 atom stereocenters. The van der Waals surface area contributed by atoms with Crippen LogP contribution < -0.4 is 5.32 Å². The molecule has 5 heteroatoms. The Hall–Kier alpha value is -1.14. The van der Waals surface area contributed by atoms with Gasteiger partial charge in [-0.3, -0.25) is 0 Å². The second kappa shape index (κ2) is 6.44. The van der Waals surface area contributed by atoms with E-state index in [0.29, 0.717) is 0 Å². The summed E-state index contributed by atoms with van der Waals surface area (Å²) >= 11 is 0. The molecule has 16 heavy (non-hydrogen) atoms.